The molecule has 0 saturated heterocycles. The van der Waals surface area contributed by atoms with Crippen LogP contribution in [0.3, 0.4) is 0 Å². The second-order valence-corrected chi connectivity index (χ2v) is 9.37. The highest BCUT2D eigenvalue weighted by Gasteiger charge is 2.36. The Hall–Kier alpha value is -0.890. The molecule has 0 amide bonds. The Morgan fingerprint density at radius 1 is 0.958 bits per heavy atom. The molecule has 0 aromatic carbocycles. The van der Waals surface area contributed by atoms with E-state index in [1.54, 1.807) is 0 Å². The van der Waals surface area contributed by atoms with Crippen LogP contribution in [0, 0.1) is 5.41 Å². The zero-order valence-electron chi connectivity index (χ0n) is 15.5. The van der Waals surface area contributed by atoms with Crippen molar-refractivity contribution in [2.45, 2.75) is 102 Å². The van der Waals surface area contributed by atoms with E-state index in [-0.39, 0.29) is 11.5 Å². The minimum atomic E-state index is -0.314. The van der Waals surface area contributed by atoms with Crippen LogP contribution in [-0.4, -0.2) is 10.1 Å². The molecule has 2 saturated carbocycles. The Labute approximate surface area is 147 Å². The summed E-state index contributed by atoms with van der Waals surface area (Å²) in [5.74, 6) is 1.33. The molecule has 0 radical (unpaired) electrons. The number of aliphatic hydroxyl groups is 1. The summed E-state index contributed by atoms with van der Waals surface area (Å²) in [6.45, 7) is 4.56. The average Bonchev–Trinajstić information content (AvgIpc) is 3.07. The summed E-state index contributed by atoms with van der Waals surface area (Å²) in [6.07, 6.45) is 13.6. The van der Waals surface area contributed by atoms with Crippen molar-refractivity contribution < 1.29 is 5.11 Å². The maximum absolute atomic E-state index is 10.9. The van der Waals surface area contributed by atoms with Gasteiger partial charge in [-0.15, -0.1) is 0 Å². The van der Waals surface area contributed by atoms with Crippen LogP contribution in [0.1, 0.15) is 119 Å². The number of rotatable bonds is 2. The zero-order chi connectivity index (χ0) is 16.7. The minimum absolute atomic E-state index is 0.164. The van der Waals surface area contributed by atoms with Gasteiger partial charge in [0.05, 0.1) is 6.10 Å². The van der Waals surface area contributed by atoms with Crippen LogP contribution in [0.5, 0.6) is 0 Å². The van der Waals surface area contributed by atoms with Crippen molar-refractivity contribution in [3.05, 3.63) is 28.6 Å². The van der Waals surface area contributed by atoms with Crippen LogP contribution in [0.4, 0.5) is 0 Å². The first-order valence-corrected chi connectivity index (χ1v) is 10.3. The van der Waals surface area contributed by atoms with Crippen LogP contribution in [0.2, 0.25) is 0 Å². The molecule has 1 aromatic rings. The third-order valence-electron chi connectivity index (χ3n) is 6.73. The third-order valence-corrected chi connectivity index (χ3v) is 6.73. The molecule has 0 aliphatic heterocycles. The maximum atomic E-state index is 10.9. The van der Waals surface area contributed by atoms with Crippen LogP contribution in [0.25, 0.3) is 0 Å². The van der Waals surface area contributed by atoms with E-state index >= 15 is 0 Å². The van der Waals surface area contributed by atoms with Crippen LogP contribution < -0.4 is 0 Å². The second kappa shape index (κ2) is 6.44. The highest BCUT2D eigenvalue weighted by Crippen LogP contribution is 2.47. The summed E-state index contributed by atoms with van der Waals surface area (Å²) in [5, 5.41) is 10.9. The highest BCUT2D eigenvalue weighted by molar-refractivity contribution is 5.41. The first-order valence-electron chi connectivity index (χ1n) is 10.3. The number of fused-ring (bicyclic) bond motifs is 1. The molecule has 2 nitrogen and oxygen atoms in total. The number of nitrogens with zero attached hydrogens (tertiary/aromatic N) is 1. The van der Waals surface area contributed by atoms with E-state index in [1.807, 2.05) is 0 Å². The Kier molecular flexibility index (Phi) is 4.45. The summed E-state index contributed by atoms with van der Waals surface area (Å²) in [4.78, 5) is 5.14. The quantitative estimate of drug-likeness (QED) is 0.745. The second-order valence-electron chi connectivity index (χ2n) is 9.37. The van der Waals surface area contributed by atoms with Gasteiger partial charge in [0.15, 0.2) is 0 Å². The van der Waals surface area contributed by atoms with E-state index in [0.717, 1.165) is 12.8 Å². The number of pyridine rings is 1. The lowest BCUT2D eigenvalue weighted by molar-refractivity contribution is 0.0964. The van der Waals surface area contributed by atoms with Crippen molar-refractivity contribution in [1.82, 2.24) is 4.98 Å². The number of hydrogen-bond donors (Lipinski definition) is 1. The number of hydrogen-bond acceptors (Lipinski definition) is 2. The molecule has 24 heavy (non-hydrogen) atoms. The predicted molar refractivity (Wildman–Crippen MR) is 98.3 cm³/mol. The molecule has 4 rings (SSSR count). The SMILES string of the molecule is CC1(C)Cc2nc(C3CCCC3)cc(C3CCCCC3)c2C(O)C1. The molecular weight excluding hydrogens is 294 g/mol. The van der Waals surface area contributed by atoms with Gasteiger partial charge in [-0.1, -0.05) is 46.0 Å². The van der Waals surface area contributed by atoms with Crippen molar-refractivity contribution in [3.8, 4) is 0 Å². The summed E-state index contributed by atoms with van der Waals surface area (Å²) in [5.41, 5.74) is 5.44. The molecule has 0 bridgehead atoms. The van der Waals surface area contributed by atoms with Gasteiger partial charge in [-0.05, 0) is 61.5 Å². The van der Waals surface area contributed by atoms with Gasteiger partial charge in [0.1, 0.15) is 0 Å². The van der Waals surface area contributed by atoms with Gasteiger partial charge < -0.3 is 5.11 Å². The largest absolute Gasteiger partial charge is 0.388 e. The van der Waals surface area contributed by atoms with Crippen molar-refractivity contribution >= 4 is 0 Å². The number of aromatic nitrogens is 1. The van der Waals surface area contributed by atoms with Gasteiger partial charge in [-0.3, -0.25) is 4.98 Å². The fraction of sp³-hybridized carbons (Fsp3) is 0.773. The van der Waals surface area contributed by atoms with Gasteiger partial charge in [0, 0.05) is 22.9 Å². The molecule has 132 valence electrons. The molecule has 0 spiro atoms. The standard InChI is InChI=1S/C22H33NO/c1-22(2)13-19-21(20(24)14-22)17(15-8-4-3-5-9-15)12-18(23-19)16-10-6-7-11-16/h12,15-16,20,24H,3-11,13-14H2,1-2H3. The van der Waals surface area contributed by atoms with Crippen LogP contribution >= 0.6 is 0 Å². The molecular formula is C22H33NO. The van der Waals surface area contributed by atoms with Gasteiger partial charge in [0.25, 0.3) is 0 Å². The van der Waals surface area contributed by atoms with Crippen molar-refractivity contribution in [2.75, 3.05) is 0 Å². The molecule has 1 heterocycles. The molecule has 2 heteroatoms. The zero-order valence-corrected chi connectivity index (χ0v) is 15.5. The molecule has 1 aromatic heterocycles. The highest BCUT2D eigenvalue weighted by atomic mass is 16.3. The van der Waals surface area contributed by atoms with Crippen LogP contribution in [0.15, 0.2) is 6.07 Å². The smallest absolute Gasteiger partial charge is 0.0815 e. The van der Waals surface area contributed by atoms with E-state index in [2.05, 4.69) is 19.9 Å². The fourth-order valence-electron chi connectivity index (χ4n) is 5.50. The summed E-state index contributed by atoms with van der Waals surface area (Å²) in [7, 11) is 0. The van der Waals surface area contributed by atoms with E-state index in [4.69, 9.17) is 4.98 Å². The predicted octanol–water partition coefficient (Wildman–Crippen LogP) is 5.79. The fourth-order valence-corrected chi connectivity index (χ4v) is 5.50. The minimum Gasteiger partial charge on any atom is -0.388 e. The number of aliphatic hydroxyl groups excluding tert-OH is 1. The van der Waals surface area contributed by atoms with E-state index in [0.29, 0.717) is 11.8 Å². The normalized spacial score (nSPS) is 28.0. The molecule has 3 aliphatic rings. The molecule has 2 fully saturated rings. The average molecular weight is 328 g/mol. The Balaban J connectivity index is 1.79. The van der Waals surface area contributed by atoms with Gasteiger partial charge in [0.2, 0.25) is 0 Å². The first-order chi connectivity index (χ1) is 11.5. The van der Waals surface area contributed by atoms with Crippen molar-refractivity contribution in [3.63, 3.8) is 0 Å². The summed E-state index contributed by atoms with van der Waals surface area (Å²) in [6, 6.07) is 2.42. The lowest BCUT2D eigenvalue weighted by atomic mass is 9.71. The molecule has 1 N–H and O–H groups in total. The van der Waals surface area contributed by atoms with Crippen molar-refractivity contribution in [2.24, 2.45) is 5.41 Å². The van der Waals surface area contributed by atoms with E-state index < -0.39 is 0 Å². The van der Waals surface area contributed by atoms with Gasteiger partial charge in [-0.25, -0.2) is 0 Å². The first kappa shape index (κ1) is 16.6. The van der Waals surface area contributed by atoms with Crippen molar-refractivity contribution in [1.29, 1.82) is 0 Å². The Morgan fingerprint density at radius 3 is 2.29 bits per heavy atom. The lowest BCUT2D eigenvalue weighted by Gasteiger charge is -2.37. The molecule has 1 unspecified atom stereocenters. The monoisotopic (exact) mass is 327 g/mol. The Bertz CT molecular complexity index is 594. The topological polar surface area (TPSA) is 33.1 Å². The molecule has 3 aliphatic carbocycles. The maximum Gasteiger partial charge on any atom is 0.0815 e. The van der Waals surface area contributed by atoms with Gasteiger partial charge in [-0.2, -0.15) is 0 Å². The van der Waals surface area contributed by atoms with E-state index in [9.17, 15) is 5.11 Å². The van der Waals surface area contributed by atoms with E-state index in [1.165, 1.54) is 80.3 Å². The third kappa shape index (κ3) is 3.14. The molecule has 1 atom stereocenters. The summed E-state index contributed by atoms with van der Waals surface area (Å²) >= 11 is 0. The lowest BCUT2D eigenvalue weighted by Crippen LogP contribution is -2.29. The van der Waals surface area contributed by atoms with Gasteiger partial charge >= 0.3 is 0 Å². The van der Waals surface area contributed by atoms with Crippen LogP contribution in [-0.2, 0) is 6.42 Å². The summed E-state index contributed by atoms with van der Waals surface area (Å²) < 4.78 is 0. The Morgan fingerprint density at radius 2 is 1.58 bits per heavy atom.